The van der Waals surface area contributed by atoms with Crippen LogP contribution in [-0.4, -0.2) is 18.6 Å². The zero-order valence-electron chi connectivity index (χ0n) is 8.98. The summed E-state index contributed by atoms with van der Waals surface area (Å²) in [6.45, 7) is 1.98. The van der Waals surface area contributed by atoms with Crippen LogP contribution in [0.3, 0.4) is 0 Å². The molecule has 0 radical (unpaired) electrons. The van der Waals surface area contributed by atoms with Crippen LogP contribution in [0.1, 0.15) is 12.5 Å². The van der Waals surface area contributed by atoms with E-state index in [-0.39, 0.29) is 31.3 Å². The van der Waals surface area contributed by atoms with Crippen LogP contribution in [0.4, 0.5) is 4.39 Å². The lowest BCUT2D eigenvalue weighted by atomic mass is 10.1. The number of nitrogens with two attached hydrogens (primary N) is 1. The van der Waals surface area contributed by atoms with Gasteiger partial charge in [0.05, 0.1) is 6.61 Å². The van der Waals surface area contributed by atoms with Crippen molar-refractivity contribution >= 4 is 18.4 Å². The normalized spacial score (nSPS) is 11.4. The highest BCUT2D eigenvalue weighted by Gasteiger charge is 2.16. The van der Waals surface area contributed by atoms with Gasteiger partial charge in [-0.15, -0.1) is 12.4 Å². The zero-order chi connectivity index (χ0) is 11.3. The first-order chi connectivity index (χ1) is 7.15. The van der Waals surface area contributed by atoms with E-state index in [0.29, 0.717) is 5.56 Å². The Morgan fingerprint density at radius 1 is 1.50 bits per heavy atom. The number of carbonyl (C=O) groups excluding carboxylic acids is 1. The number of hydrogen-bond acceptors (Lipinski definition) is 3. The summed E-state index contributed by atoms with van der Waals surface area (Å²) in [5, 5.41) is 0. The molecular formula is C11H15ClFNO2. The molecule has 0 bridgehead atoms. The van der Waals surface area contributed by atoms with Gasteiger partial charge in [-0.05, 0) is 18.6 Å². The third-order valence-corrected chi connectivity index (χ3v) is 1.99. The third-order valence-electron chi connectivity index (χ3n) is 1.99. The molecule has 0 aliphatic heterocycles. The monoisotopic (exact) mass is 247 g/mol. The summed E-state index contributed by atoms with van der Waals surface area (Å²) in [7, 11) is 0. The van der Waals surface area contributed by atoms with Crippen LogP contribution in [-0.2, 0) is 16.0 Å². The SMILES string of the molecule is CCOC(=O)C(N)Cc1ccccc1F.Cl. The van der Waals surface area contributed by atoms with Gasteiger partial charge in [-0.1, -0.05) is 18.2 Å². The number of benzene rings is 1. The number of hydrogen-bond donors (Lipinski definition) is 1. The van der Waals surface area contributed by atoms with E-state index < -0.39 is 12.0 Å². The maximum absolute atomic E-state index is 13.2. The fraction of sp³-hybridized carbons (Fsp3) is 0.364. The number of ether oxygens (including phenoxy) is 1. The first-order valence-corrected chi connectivity index (χ1v) is 4.80. The Morgan fingerprint density at radius 3 is 2.69 bits per heavy atom. The number of rotatable bonds is 4. The van der Waals surface area contributed by atoms with Crippen LogP contribution in [0.2, 0.25) is 0 Å². The van der Waals surface area contributed by atoms with Crippen molar-refractivity contribution in [2.24, 2.45) is 5.73 Å². The van der Waals surface area contributed by atoms with Gasteiger partial charge in [0.25, 0.3) is 0 Å². The fourth-order valence-corrected chi connectivity index (χ4v) is 1.23. The largest absolute Gasteiger partial charge is 0.465 e. The number of carbonyl (C=O) groups is 1. The minimum Gasteiger partial charge on any atom is -0.465 e. The van der Waals surface area contributed by atoms with E-state index in [1.807, 2.05) is 0 Å². The van der Waals surface area contributed by atoms with Crippen LogP contribution in [0.15, 0.2) is 24.3 Å². The predicted octanol–water partition coefficient (Wildman–Crippen LogP) is 1.68. The minimum absolute atomic E-state index is 0. The van der Waals surface area contributed by atoms with E-state index in [1.165, 1.54) is 6.07 Å². The second-order valence-corrected chi connectivity index (χ2v) is 3.15. The van der Waals surface area contributed by atoms with Gasteiger partial charge in [-0.2, -0.15) is 0 Å². The first kappa shape index (κ1) is 14.9. The summed E-state index contributed by atoms with van der Waals surface area (Å²) in [5.41, 5.74) is 5.99. The molecule has 5 heteroatoms. The molecule has 0 amide bonds. The van der Waals surface area contributed by atoms with Crippen molar-refractivity contribution in [3.63, 3.8) is 0 Å². The molecule has 1 rings (SSSR count). The lowest BCUT2D eigenvalue weighted by Gasteiger charge is -2.10. The maximum atomic E-state index is 13.2. The molecule has 3 nitrogen and oxygen atoms in total. The van der Waals surface area contributed by atoms with Gasteiger partial charge in [0.2, 0.25) is 0 Å². The van der Waals surface area contributed by atoms with Gasteiger partial charge in [-0.3, -0.25) is 4.79 Å². The molecule has 0 spiro atoms. The van der Waals surface area contributed by atoms with E-state index >= 15 is 0 Å². The molecule has 0 fully saturated rings. The van der Waals surface area contributed by atoms with Crippen LogP contribution >= 0.6 is 12.4 Å². The summed E-state index contributed by atoms with van der Waals surface area (Å²) >= 11 is 0. The molecule has 2 N–H and O–H groups in total. The first-order valence-electron chi connectivity index (χ1n) is 4.80. The topological polar surface area (TPSA) is 52.3 Å². The minimum atomic E-state index is -0.804. The van der Waals surface area contributed by atoms with Crippen LogP contribution in [0.5, 0.6) is 0 Å². The maximum Gasteiger partial charge on any atom is 0.323 e. The Labute approximate surface area is 100 Å². The Morgan fingerprint density at radius 2 is 2.12 bits per heavy atom. The fourth-order valence-electron chi connectivity index (χ4n) is 1.23. The van der Waals surface area contributed by atoms with Crippen molar-refractivity contribution < 1.29 is 13.9 Å². The van der Waals surface area contributed by atoms with E-state index in [1.54, 1.807) is 25.1 Å². The van der Waals surface area contributed by atoms with Gasteiger partial charge >= 0.3 is 5.97 Å². The van der Waals surface area contributed by atoms with Gasteiger partial charge in [0, 0.05) is 6.42 Å². The molecule has 0 saturated heterocycles. The van der Waals surface area contributed by atoms with Crippen LogP contribution in [0, 0.1) is 5.82 Å². The predicted molar refractivity (Wildman–Crippen MR) is 62.0 cm³/mol. The third kappa shape index (κ3) is 4.16. The van der Waals surface area contributed by atoms with Gasteiger partial charge < -0.3 is 10.5 Å². The van der Waals surface area contributed by atoms with E-state index in [2.05, 4.69) is 0 Å². The summed E-state index contributed by atoms with van der Waals surface area (Å²) in [6, 6.07) is 5.44. The van der Waals surface area contributed by atoms with E-state index in [4.69, 9.17) is 10.5 Å². The molecule has 0 heterocycles. The van der Waals surface area contributed by atoms with Crippen molar-refractivity contribution in [2.75, 3.05) is 6.61 Å². The molecule has 1 unspecified atom stereocenters. The molecule has 90 valence electrons. The molecule has 1 atom stereocenters. The van der Waals surface area contributed by atoms with Crippen LogP contribution in [0.25, 0.3) is 0 Å². The van der Waals surface area contributed by atoms with E-state index in [9.17, 15) is 9.18 Å². The highest BCUT2D eigenvalue weighted by molar-refractivity contribution is 5.85. The standard InChI is InChI=1S/C11H14FNO2.ClH/c1-2-15-11(14)10(13)7-8-5-3-4-6-9(8)12;/h3-6,10H,2,7,13H2,1H3;1H. The molecule has 0 aliphatic carbocycles. The van der Waals surface area contributed by atoms with Crippen molar-refractivity contribution in [3.8, 4) is 0 Å². The van der Waals surface area contributed by atoms with Crippen molar-refractivity contribution in [1.29, 1.82) is 0 Å². The summed E-state index contributed by atoms with van der Waals surface area (Å²) in [4.78, 5) is 11.2. The summed E-state index contributed by atoms with van der Waals surface area (Å²) in [6.07, 6.45) is 0.158. The lowest BCUT2D eigenvalue weighted by molar-refractivity contribution is -0.144. The molecule has 0 aliphatic rings. The Kier molecular flexibility index (Phi) is 6.69. The average Bonchev–Trinajstić information content (AvgIpc) is 2.21. The smallest absolute Gasteiger partial charge is 0.323 e. The Hall–Kier alpha value is -1.13. The Bertz CT molecular complexity index is 347. The highest BCUT2D eigenvalue weighted by atomic mass is 35.5. The highest BCUT2D eigenvalue weighted by Crippen LogP contribution is 2.08. The molecule has 16 heavy (non-hydrogen) atoms. The number of esters is 1. The lowest BCUT2D eigenvalue weighted by Crippen LogP contribution is -2.34. The molecule has 0 saturated carbocycles. The van der Waals surface area contributed by atoms with Gasteiger partial charge in [-0.25, -0.2) is 4.39 Å². The van der Waals surface area contributed by atoms with Gasteiger partial charge in [0.15, 0.2) is 0 Å². The van der Waals surface area contributed by atoms with Gasteiger partial charge in [0.1, 0.15) is 11.9 Å². The summed E-state index contributed by atoms with van der Waals surface area (Å²) < 4.78 is 17.9. The molecule has 1 aromatic rings. The summed E-state index contributed by atoms with van der Waals surface area (Å²) in [5.74, 6) is -0.849. The zero-order valence-corrected chi connectivity index (χ0v) is 9.80. The van der Waals surface area contributed by atoms with Crippen molar-refractivity contribution in [3.05, 3.63) is 35.6 Å². The second-order valence-electron chi connectivity index (χ2n) is 3.15. The molecular weight excluding hydrogens is 233 g/mol. The van der Waals surface area contributed by atoms with Crippen molar-refractivity contribution in [1.82, 2.24) is 0 Å². The molecule has 1 aromatic carbocycles. The Balaban J connectivity index is 0.00000225. The second kappa shape index (κ2) is 7.19. The number of halogens is 2. The van der Waals surface area contributed by atoms with E-state index in [0.717, 1.165) is 0 Å². The van der Waals surface area contributed by atoms with Crippen molar-refractivity contribution in [2.45, 2.75) is 19.4 Å². The quantitative estimate of drug-likeness (QED) is 0.824. The van der Waals surface area contributed by atoms with Crippen LogP contribution < -0.4 is 5.73 Å². The molecule has 0 aromatic heterocycles. The average molecular weight is 248 g/mol.